The zero-order valence-electron chi connectivity index (χ0n) is 30.8. The van der Waals surface area contributed by atoms with Crippen LogP contribution in [0.5, 0.6) is 0 Å². The molecule has 0 saturated heterocycles. The van der Waals surface area contributed by atoms with Gasteiger partial charge in [-0.15, -0.1) is 0 Å². The SMILES string of the molecule is CCCC[CH2][Hf]([CH3])([CH3])(=[SiH2])([CH2]CCCC)([CH]1C=Cc2c(-c3ccccc3CC)cccc21)[CH]1C=Cc2c(-c3ccccc3CC)cccc21. The first-order valence-electron chi connectivity index (χ1n) is 19.3. The van der Waals surface area contributed by atoms with E-state index < -0.39 is 14.2 Å². The predicted molar refractivity (Wildman–Crippen MR) is 215 cm³/mol. The van der Waals surface area contributed by atoms with Crippen LogP contribution in [0.1, 0.15) is 107 Å². The number of allylic oxidation sites excluding steroid dienone is 2. The molecule has 0 nitrogen and oxygen atoms in total. The number of unbranched alkanes of at least 4 members (excludes halogenated alkanes) is 4. The fourth-order valence-electron chi connectivity index (χ4n) is 11.0. The summed E-state index contributed by atoms with van der Waals surface area (Å²) in [6.07, 6.45) is 20.5. The predicted octanol–water partition coefficient (Wildman–Crippen LogP) is 13.6. The molecule has 252 valence electrons. The molecule has 0 radical (unpaired) electrons. The van der Waals surface area contributed by atoms with E-state index in [9.17, 15) is 0 Å². The molecule has 0 fully saturated rings. The van der Waals surface area contributed by atoms with Crippen LogP contribution in [-0.2, 0) is 27.0 Å². The summed E-state index contributed by atoms with van der Waals surface area (Å²) in [7, 11) is 0. The fourth-order valence-corrected chi connectivity index (χ4v) is 60.6. The van der Waals surface area contributed by atoms with E-state index in [0.717, 1.165) is 12.8 Å². The minimum atomic E-state index is -5.14. The maximum atomic E-state index is 2.97. The van der Waals surface area contributed by atoms with Gasteiger partial charge in [-0.25, -0.2) is 0 Å². The third kappa shape index (κ3) is 5.49. The Hall–Kier alpha value is -2.55. The molecule has 2 heteroatoms. The van der Waals surface area contributed by atoms with Crippen LogP contribution in [0.15, 0.2) is 97.1 Å². The van der Waals surface area contributed by atoms with Crippen LogP contribution < -0.4 is 0 Å². The summed E-state index contributed by atoms with van der Waals surface area (Å²) >= 11 is -5.14. The summed E-state index contributed by atoms with van der Waals surface area (Å²) in [5.74, 6) is 0. The third-order valence-electron chi connectivity index (χ3n) is 14.0. The molecule has 0 saturated carbocycles. The quantitative estimate of drug-likeness (QED) is 0.0878. The van der Waals surface area contributed by atoms with E-state index in [0.29, 0.717) is 7.35 Å². The van der Waals surface area contributed by atoms with Crippen LogP contribution in [0.4, 0.5) is 0 Å². The molecule has 4 aromatic carbocycles. The van der Waals surface area contributed by atoms with Crippen molar-refractivity contribution >= 4 is 19.1 Å². The molecule has 2 atom stereocenters. The Balaban J connectivity index is 1.64. The van der Waals surface area contributed by atoms with E-state index in [-0.39, 0.29) is 0 Å². The number of rotatable bonds is 14. The Labute approximate surface area is 288 Å². The Morgan fingerprint density at radius 3 is 1.29 bits per heavy atom. The van der Waals surface area contributed by atoms with Crippen LogP contribution in [0.25, 0.3) is 34.4 Å². The average molecular weight is 820 g/mol. The van der Waals surface area contributed by atoms with E-state index in [1.54, 1.807) is 11.1 Å². The van der Waals surface area contributed by atoms with Crippen molar-refractivity contribution < 1.29 is 14.2 Å². The van der Waals surface area contributed by atoms with Gasteiger partial charge in [0.15, 0.2) is 0 Å². The van der Waals surface area contributed by atoms with Crippen LogP contribution in [0, 0.1) is 0 Å². The molecule has 0 amide bonds. The van der Waals surface area contributed by atoms with Crippen molar-refractivity contribution in [1.82, 2.24) is 0 Å². The average Bonchev–Trinajstić information content (AvgIpc) is 3.76. The second-order valence-corrected chi connectivity index (χ2v) is 95.2. The van der Waals surface area contributed by atoms with Gasteiger partial charge in [0.2, 0.25) is 0 Å². The Morgan fingerprint density at radius 1 is 0.500 bits per heavy atom. The van der Waals surface area contributed by atoms with Gasteiger partial charge in [0.25, 0.3) is 0 Å². The molecule has 2 unspecified atom stereocenters. The van der Waals surface area contributed by atoms with Crippen LogP contribution in [0.3, 0.4) is 0 Å². The van der Waals surface area contributed by atoms with Crippen molar-refractivity contribution in [2.45, 2.75) is 104 Å². The number of benzene rings is 4. The summed E-state index contributed by atoms with van der Waals surface area (Å²) in [4.78, 5) is 0. The molecule has 2 aliphatic rings. The molecular formula is C46H60HfSi. The molecule has 0 N–H and O–H groups in total. The molecule has 0 heterocycles. The summed E-state index contributed by atoms with van der Waals surface area (Å²) in [5, 5.41) is 0. The topological polar surface area (TPSA) is 0 Å². The zero-order valence-corrected chi connectivity index (χ0v) is 35.8. The van der Waals surface area contributed by atoms with Crippen molar-refractivity contribution in [2.75, 3.05) is 0 Å². The second kappa shape index (κ2) is 12.3. The van der Waals surface area contributed by atoms with Crippen molar-refractivity contribution in [1.29, 1.82) is 0 Å². The number of hydrogen-bond acceptors (Lipinski definition) is 0. The minimum absolute atomic E-state index is 0.456. The van der Waals surface area contributed by atoms with E-state index in [4.69, 9.17) is 0 Å². The van der Waals surface area contributed by atoms with Gasteiger partial charge in [-0.3, -0.25) is 0 Å². The van der Waals surface area contributed by atoms with Crippen molar-refractivity contribution in [3.05, 3.63) is 130 Å². The van der Waals surface area contributed by atoms with E-state index in [2.05, 4.69) is 153 Å². The summed E-state index contributed by atoms with van der Waals surface area (Å²) in [5.41, 5.74) is 14.7. The summed E-state index contributed by atoms with van der Waals surface area (Å²) in [6.45, 7) is 12.0. The first-order valence-corrected chi connectivity index (χ1v) is 44.0. The molecule has 6 rings (SSSR count). The molecule has 0 spiro atoms. The molecule has 0 aliphatic heterocycles. The monoisotopic (exact) mass is 820 g/mol. The van der Waals surface area contributed by atoms with Crippen LogP contribution in [0.2, 0.25) is 17.7 Å². The normalized spacial score (nSPS) is 18.9. The molecule has 4 aromatic rings. The number of hydrogen-bond donors (Lipinski definition) is 0. The first-order chi connectivity index (χ1) is 23.0. The van der Waals surface area contributed by atoms with Gasteiger partial charge >= 0.3 is 290 Å². The van der Waals surface area contributed by atoms with Gasteiger partial charge in [-0.1, -0.05) is 0 Å². The summed E-state index contributed by atoms with van der Waals surface area (Å²) < 4.78 is 9.60. The van der Waals surface area contributed by atoms with Crippen molar-refractivity contribution in [2.24, 2.45) is 0 Å². The van der Waals surface area contributed by atoms with Crippen molar-refractivity contribution in [3.8, 4) is 22.3 Å². The molecule has 2 aliphatic carbocycles. The number of aryl methyl sites for hydroxylation is 2. The van der Waals surface area contributed by atoms with Gasteiger partial charge < -0.3 is 0 Å². The van der Waals surface area contributed by atoms with Gasteiger partial charge in [0.1, 0.15) is 0 Å². The zero-order chi connectivity index (χ0) is 34.1. The van der Waals surface area contributed by atoms with Gasteiger partial charge in [-0.2, -0.15) is 0 Å². The Morgan fingerprint density at radius 2 is 0.896 bits per heavy atom. The fraction of sp³-hybridized carbons (Fsp3) is 0.391. The van der Waals surface area contributed by atoms with E-state index in [1.165, 1.54) is 91.4 Å². The first kappa shape index (κ1) is 35.3. The van der Waals surface area contributed by atoms with Crippen molar-refractivity contribution in [3.63, 3.8) is 0 Å². The Kier molecular flexibility index (Phi) is 9.07. The number of fused-ring (bicyclic) bond motifs is 2. The van der Waals surface area contributed by atoms with Crippen LogP contribution >= 0.6 is 0 Å². The third-order valence-corrected chi connectivity index (χ3v) is 70.6. The molecular weight excluding hydrogens is 759 g/mol. The second-order valence-electron chi connectivity index (χ2n) is 18.1. The van der Waals surface area contributed by atoms with Gasteiger partial charge in [-0.05, 0) is 0 Å². The van der Waals surface area contributed by atoms with E-state index in [1.807, 2.05) is 0 Å². The summed E-state index contributed by atoms with van der Waals surface area (Å²) in [6, 6.07) is 32.8. The van der Waals surface area contributed by atoms with Crippen LogP contribution in [-0.4, -0.2) is 6.94 Å². The maximum absolute atomic E-state index is 5.14. The van der Waals surface area contributed by atoms with Gasteiger partial charge in [0, 0.05) is 0 Å². The van der Waals surface area contributed by atoms with Gasteiger partial charge in [0.05, 0.1) is 0 Å². The van der Waals surface area contributed by atoms with E-state index >= 15 is 0 Å². The molecule has 48 heavy (non-hydrogen) atoms. The molecule has 0 bridgehead atoms. The molecule has 0 aromatic heterocycles. The Bertz CT molecular complexity index is 1890. The standard InChI is InChI=1S/2C17H15.2C5H11.2CH3.Hf.H2Si/c2*1-2-13-7-3-4-10-15(13)17-12-6-9-14-8-5-11-16(14)17;2*1-3-5-4-2;;;;/h2*3-12H,2H2,1H3;2*1,3-5H2,2H3;2*1H3;;1H2.